The summed E-state index contributed by atoms with van der Waals surface area (Å²) in [6.07, 6.45) is 5.35. The van der Waals surface area contributed by atoms with Gasteiger partial charge in [0.25, 0.3) is 0 Å². The molecule has 6 heteroatoms. The summed E-state index contributed by atoms with van der Waals surface area (Å²) >= 11 is 0. The average Bonchev–Trinajstić information content (AvgIpc) is 3.13. The predicted molar refractivity (Wildman–Crippen MR) is 98.3 cm³/mol. The fourth-order valence-corrected chi connectivity index (χ4v) is 2.53. The van der Waals surface area contributed by atoms with Gasteiger partial charge in [0.1, 0.15) is 12.4 Å². The van der Waals surface area contributed by atoms with Gasteiger partial charge in [0.15, 0.2) is 0 Å². The average molecular weight is 350 g/mol. The number of hydrogen-bond acceptors (Lipinski definition) is 4. The Bertz CT molecular complexity index is 504. The molecule has 0 bridgehead atoms. The van der Waals surface area contributed by atoms with Gasteiger partial charge in [-0.3, -0.25) is 0 Å². The van der Waals surface area contributed by atoms with Gasteiger partial charge in [-0.25, -0.2) is 4.79 Å². The van der Waals surface area contributed by atoms with Gasteiger partial charge in [-0.15, -0.1) is 0 Å². The minimum atomic E-state index is -0.218. The molecule has 140 valence electrons. The second kappa shape index (κ2) is 11.7. The molecule has 0 saturated carbocycles. The number of unbranched alkanes of at least 4 members (excludes halogenated alkanes) is 1. The standard InChI is InChI=1S/C19H30N2O4/c1-2-3-11-23-12-6-10-20-19(22)21-16-7-4-8-17(14-16)25-15-18-9-5-13-24-18/h4,7-8,14,18H,2-3,5-6,9-13,15H2,1H3,(H2,20,21,22). The lowest BCUT2D eigenvalue weighted by molar-refractivity contribution is 0.0680. The van der Waals surface area contributed by atoms with E-state index in [-0.39, 0.29) is 12.1 Å². The highest BCUT2D eigenvalue weighted by Crippen LogP contribution is 2.19. The highest BCUT2D eigenvalue weighted by molar-refractivity contribution is 5.89. The molecule has 0 aromatic heterocycles. The number of urea groups is 1. The second-order valence-corrected chi connectivity index (χ2v) is 6.17. The van der Waals surface area contributed by atoms with Gasteiger partial charge < -0.3 is 24.8 Å². The minimum Gasteiger partial charge on any atom is -0.491 e. The van der Waals surface area contributed by atoms with Crippen LogP contribution in [0.5, 0.6) is 5.75 Å². The third kappa shape index (κ3) is 8.23. The van der Waals surface area contributed by atoms with Crippen molar-refractivity contribution in [3.63, 3.8) is 0 Å². The summed E-state index contributed by atoms with van der Waals surface area (Å²) in [6, 6.07) is 7.19. The van der Waals surface area contributed by atoms with E-state index >= 15 is 0 Å². The van der Waals surface area contributed by atoms with Gasteiger partial charge in [0.2, 0.25) is 0 Å². The van der Waals surface area contributed by atoms with Crippen molar-refractivity contribution in [2.45, 2.75) is 45.1 Å². The minimum absolute atomic E-state index is 0.180. The zero-order valence-electron chi connectivity index (χ0n) is 15.1. The van der Waals surface area contributed by atoms with E-state index in [2.05, 4.69) is 17.6 Å². The number of nitrogens with one attached hydrogen (secondary N) is 2. The molecule has 1 fully saturated rings. The van der Waals surface area contributed by atoms with Crippen LogP contribution >= 0.6 is 0 Å². The Balaban J connectivity index is 1.62. The summed E-state index contributed by atoms with van der Waals surface area (Å²) < 4.78 is 16.7. The summed E-state index contributed by atoms with van der Waals surface area (Å²) in [7, 11) is 0. The number of benzene rings is 1. The lowest BCUT2D eigenvalue weighted by Crippen LogP contribution is -2.30. The Morgan fingerprint density at radius 3 is 3.00 bits per heavy atom. The van der Waals surface area contributed by atoms with Gasteiger partial charge in [0.05, 0.1) is 6.10 Å². The molecular weight excluding hydrogens is 320 g/mol. The summed E-state index contributed by atoms with van der Waals surface area (Å²) in [5.74, 6) is 0.734. The van der Waals surface area contributed by atoms with Crippen LogP contribution in [-0.4, -0.2) is 45.1 Å². The first-order valence-corrected chi connectivity index (χ1v) is 9.25. The topological polar surface area (TPSA) is 68.8 Å². The first-order valence-electron chi connectivity index (χ1n) is 9.25. The molecule has 1 aromatic carbocycles. The van der Waals surface area contributed by atoms with Crippen molar-refractivity contribution in [1.29, 1.82) is 0 Å². The molecule has 2 amide bonds. The largest absolute Gasteiger partial charge is 0.491 e. The van der Waals surface area contributed by atoms with Crippen molar-refractivity contribution >= 4 is 11.7 Å². The summed E-state index contributed by atoms with van der Waals surface area (Å²) in [5.41, 5.74) is 0.710. The molecule has 1 saturated heterocycles. The molecule has 2 rings (SSSR count). The van der Waals surface area contributed by atoms with Gasteiger partial charge in [-0.1, -0.05) is 19.4 Å². The molecule has 1 unspecified atom stereocenters. The second-order valence-electron chi connectivity index (χ2n) is 6.17. The van der Waals surface area contributed by atoms with Crippen LogP contribution in [0.15, 0.2) is 24.3 Å². The summed E-state index contributed by atoms with van der Waals surface area (Å²) in [4.78, 5) is 11.9. The molecule has 1 aliphatic heterocycles. The molecule has 6 nitrogen and oxygen atoms in total. The first-order chi connectivity index (χ1) is 12.3. The molecule has 0 radical (unpaired) electrons. The lowest BCUT2D eigenvalue weighted by Gasteiger charge is -2.13. The Morgan fingerprint density at radius 1 is 1.32 bits per heavy atom. The van der Waals surface area contributed by atoms with E-state index in [1.165, 1.54) is 0 Å². The zero-order valence-corrected chi connectivity index (χ0v) is 15.1. The van der Waals surface area contributed by atoms with E-state index in [0.29, 0.717) is 25.4 Å². The molecule has 0 spiro atoms. The van der Waals surface area contributed by atoms with E-state index in [1.807, 2.05) is 24.3 Å². The Hall–Kier alpha value is -1.79. The number of ether oxygens (including phenoxy) is 3. The number of anilines is 1. The molecule has 1 aliphatic rings. The number of carbonyl (C=O) groups is 1. The van der Waals surface area contributed by atoms with Gasteiger partial charge >= 0.3 is 6.03 Å². The lowest BCUT2D eigenvalue weighted by atomic mass is 10.2. The van der Waals surface area contributed by atoms with Crippen molar-refractivity contribution in [2.24, 2.45) is 0 Å². The van der Waals surface area contributed by atoms with E-state index < -0.39 is 0 Å². The van der Waals surface area contributed by atoms with E-state index in [0.717, 1.165) is 51.1 Å². The first kappa shape index (κ1) is 19.5. The monoisotopic (exact) mass is 350 g/mol. The predicted octanol–water partition coefficient (Wildman–Crippen LogP) is 3.57. The Kier molecular flexibility index (Phi) is 9.15. The van der Waals surface area contributed by atoms with Gasteiger partial charge in [-0.05, 0) is 37.8 Å². The molecule has 1 heterocycles. The number of carbonyl (C=O) groups excluding carboxylic acids is 1. The number of rotatable bonds is 11. The molecule has 0 aliphatic carbocycles. The zero-order chi connectivity index (χ0) is 17.7. The fraction of sp³-hybridized carbons (Fsp3) is 0.632. The summed E-state index contributed by atoms with van der Waals surface area (Å²) in [6.45, 7) is 5.56. The van der Waals surface area contributed by atoms with Gasteiger partial charge in [0, 0.05) is 38.1 Å². The van der Waals surface area contributed by atoms with Crippen molar-refractivity contribution in [1.82, 2.24) is 5.32 Å². The Labute approximate surface area is 150 Å². The molecule has 1 aromatic rings. The van der Waals surface area contributed by atoms with Crippen LogP contribution in [0.25, 0.3) is 0 Å². The molecule has 1 atom stereocenters. The highest BCUT2D eigenvalue weighted by Gasteiger charge is 2.16. The maximum Gasteiger partial charge on any atom is 0.319 e. The third-order valence-corrected chi connectivity index (χ3v) is 3.95. The summed E-state index contributed by atoms with van der Waals surface area (Å²) in [5, 5.41) is 5.65. The van der Waals surface area contributed by atoms with Crippen molar-refractivity contribution in [3.8, 4) is 5.75 Å². The maximum absolute atomic E-state index is 11.9. The van der Waals surface area contributed by atoms with Crippen LogP contribution < -0.4 is 15.4 Å². The smallest absolute Gasteiger partial charge is 0.319 e. The van der Waals surface area contributed by atoms with Crippen molar-refractivity contribution in [3.05, 3.63) is 24.3 Å². The van der Waals surface area contributed by atoms with Crippen molar-refractivity contribution in [2.75, 3.05) is 38.3 Å². The number of amides is 2. The van der Waals surface area contributed by atoms with Crippen LogP contribution in [0.4, 0.5) is 10.5 Å². The highest BCUT2D eigenvalue weighted by atomic mass is 16.5. The van der Waals surface area contributed by atoms with Crippen molar-refractivity contribution < 1.29 is 19.0 Å². The quantitative estimate of drug-likeness (QED) is 0.599. The molecule has 2 N–H and O–H groups in total. The fourth-order valence-electron chi connectivity index (χ4n) is 2.53. The normalized spacial score (nSPS) is 16.6. The van der Waals surface area contributed by atoms with E-state index in [4.69, 9.17) is 14.2 Å². The van der Waals surface area contributed by atoms with Crippen LogP contribution in [0.2, 0.25) is 0 Å². The van der Waals surface area contributed by atoms with Crippen LogP contribution in [-0.2, 0) is 9.47 Å². The van der Waals surface area contributed by atoms with E-state index in [1.54, 1.807) is 0 Å². The van der Waals surface area contributed by atoms with E-state index in [9.17, 15) is 4.79 Å². The number of hydrogen-bond donors (Lipinski definition) is 2. The Morgan fingerprint density at radius 2 is 2.20 bits per heavy atom. The SMILES string of the molecule is CCCCOCCCNC(=O)Nc1cccc(OCC2CCCO2)c1. The van der Waals surface area contributed by atoms with Gasteiger partial charge in [-0.2, -0.15) is 0 Å². The van der Waals surface area contributed by atoms with Crippen LogP contribution in [0.1, 0.15) is 39.0 Å². The van der Waals surface area contributed by atoms with Crippen LogP contribution in [0, 0.1) is 0 Å². The molecule has 25 heavy (non-hydrogen) atoms. The maximum atomic E-state index is 11.9. The molecular formula is C19H30N2O4. The van der Waals surface area contributed by atoms with Crippen LogP contribution in [0.3, 0.4) is 0 Å². The third-order valence-electron chi connectivity index (χ3n) is 3.95.